The SMILES string of the molecule is CC(C)(C)OC(=O)N1CC[C@@H]2[C@H]1[C@@H](Cn1cc(-c3ccc(F)cc3)nn1)CN2C(=O)OCc1ccccc1. The number of nitrogens with zero attached hydrogens (tertiary/aromatic N) is 5. The van der Waals surface area contributed by atoms with Gasteiger partial charge in [-0.05, 0) is 57.0 Å². The largest absolute Gasteiger partial charge is 0.445 e. The molecule has 3 atom stereocenters. The smallest absolute Gasteiger partial charge is 0.410 e. The molecule has 0 aliphatic carbocycles. The fourth-order valence-electron chi connectivity index (χ4n) is 5.30. The van der Waals surface area contributed by atoms with Gasteiger partial charge in [0.25, 0.3) is 0 Å². The van der Waals surface area contributed by atoms with Gasteiger partial charge in [-0.3, -0.25) is 4.68 Å². The van der Waals surface area contributed by atoms with Crippen LogP contribution in [0.1, 0.15) is 32.8 Å². The van der Waals surface area contributed by atoms with E-state index in [4.69, 9.17) is 9.47 Å². The third-order valence-corrected chi connectivity index (χ3v) is 6.90. The summed E-state index contributed by atoms with van der Waals surface area (Å²) < 4.78 is 26.4. The third-order valence-electron chi connectivity index (χ3n) is 6.90. The van der Waals surface area contributed by atoms with Gasteiger partial charge in [0.15, 0.2) is 0 Å². The number of hydrogen-bond donors (Lipinski definition) is 0. The molecule has 2 fully saturated rings. The summed E-state index contributed by atoms with van der Waals surface area (Å²) >= 11 is 0. The number of halogens is 1. The lowest BCUT2D eigenvalue weighted by molar-refractivity contribution is 0.0182. The fraction of sp³-hybridized carbons (Fsp3) is 0.429. The topological polar surface area (TPSA) is 89.8 Å². The number of rotatable bonds is 5. The Balaban J connectivity index is 1.34. The Labute approximate surface area is 221 Å². The number of amides is 2. The van der Waals surface area contributed by atoms with Crippen LogP contribution in [0, 0.1) is 11.7 Å². The van der Waals surface area contributed by atoms with Crippen molar-refractivity contribution >= 4 is 12.2 Å². The lowest BCUT2D eigenvalue weighted by atomic mass is 9.99. The molecule has 0 saturated carbocycles. The summed E-state index contributed by atoms with van der Waals surface area (Å²) in [5.74, 6) is -0.428. The number of carbonyl (C=O) groups is 2. The van der Waals surface area contributed by atoms with E-state index in [0.29, 0.717) is 31.7 Å². The van der Waals surface area contributed by atoms with Crippen LogP contribution < -0.4 is 0 Å². The van der Waals surface area contributed by atoms with Crippen molar-refractivity contribution in [2.75, 3.05) is 13.1 Å². The molecule has 200 valence electrons. The van der Waals surface area contributed by atoms with Crippen LogP contribution in [-0.4, -0.2) is 67.8 Å². The molecule has 0 spiro atoms. The summed E-state index contributed by atoms with van der Waals surface area (Å²) in [5.41, 5.74) is 1.65. The molecule has 2 aliphatic rings. The average molecular weight is 522 g/mol. The van der Waals surface area contributed by atoms with Crippen molar-refractivity contribution in [1.29, 1.82) is 0 Å². The number of likely N-dealkylation sites (tertiary alicyclic amines) is 2. The maximum Gasteiger partial charge on any atom is 0.410 e. The van der Waals surface area contributed by atoms with E-state index in [2.05, 4.69) is 10.3 Å². The second-order valence-corrected chi connectivity index (χ2v) is 10.8. The van der Waals surface area contributed by atoms with Crippen LogP contribution in [0.4, 0.5) is 14.0 Å². The summed E-state index contributed by atoms with van der Waals surface area (Å²) in [6.45, 7) is 7.03. The second kappa shape index (κ2) is 10.4. The predicted molar refractivity (Wildman–Crippen MR) is 137 cm³/mol. The number of benzene rings is 2. The highest BCUT2D eigenvalue weighted by atomic mass is 19.1. The fourth-order valence-corrected chi connectivity index (χ4v) is 5.30. The molecular formula is C28H32FN5O4. The Morgan fingerprint density at radius 2 is 1.76 bits per heavy atom. The maximum absolute atomic E-state index is 13.3. The zero-order valence-corrected chi connectivity index (χ0v) is 21.8. The van der Waals surface area contributed by atoms with Gasteiger partial charge in [0.1, 0.15) is 23.7 Å². The van der Waals surface area contributed by atoms with E-state index in [0.717, 1.165) is 11.1 Å². The van der Waals surface area contributed by atoms with Crippen LogP contribution in [0.15, 0.2) is 60.8 Å². The molecule has 2 aromatic carbocycles. The molecule has 2 saturated heterocycles. The first-order chi connectivity index (χ1) is 18.2. The molecule has 2 amide bonds. The van der Waals surface area contributed by atoms with Crippen molar-refractivity contribution in [1.82, 2.24) is 24.8 Å². The summed E-state index contributed by atoms with van der Waals surface area (Å²) in [4.78, 5) is 29.8. The Hall–Kier alpha value is -3.95. The molecular weight excluding hydrogens is 489 g/mol. The number of ether oxygens (including phenoxy) is 2. The lowest BCUT2D eigenvalue weighted by Crippen LogP contribution is -2.46. The van der Waals surface area contributed by atoms with Crippen molar-refractivity contribution < 1.29 is 23.5 Å². The van der Waals surface area contributed by atoms with Crippen LogP contribution in [-0.2, 0) is 22.6 Å². The van der Waals surface area contributed by atoms with Gasteiger partial charge in [0.05, 0.1) is 18.3 Å². The first-order valence-corrected chi connectivity index (χ1v) is 12.8. The van der Waals surface area contributed by atoms with Crippen molar-refractivity contribution in [2.24, 2.45) is 5.92 Å². The minimum atomic E-state index is -0.631. The van der Waals surface area contributed by atoms with Gasteiger partial charge in [-0.25, -0.2) is 14.0 Å². The molecule has 1 aromatic heterocycles. The van der Waals surface area contributed by atoms with E-state index in [1.54, 1.807) is 32.8 Å². The van der Waals surface area contributed by atoms with Gasteiger partial charge < -0.3 is 19.3 Å². The molecule has 5 rings (SSSR count). The Bertz CT molecular complexity index is 1270. The summed E-state index contributed by atoms with van der Waals surface area (Å²) in [6.07, 6.45) is 1.65. The minimum Gasteiger partial charge on any atom is -0.445 e. The highest BCUT2D eigenvalue weighted by Gasteiger charge is 2.53. The Morgan fingerprint density at radius 1 is 1.03 bits per heavy atom. The number of hydrogen-bond acceptors (Lipinski definition) is 6. The zero-order chi connectivity index (χ0) is 26.9. The van der Waals surface area contributed by atoms with Crippen molar-refractivity contribution in [3.8, 4) is 11.3 Å². The molecule has 10 heteroatoms. The quantitative estimate of drug-likeness (QED) is 0.482. The monoisotopic (exact) mass is 521 g/mol. The summed E-state index contributed by atoms with van der Waals surface area (Å²) in [6, 6.07) is 15.2. The first kappa shape index (κ1) is 25.7. The Kier molecular flexibility index (Phi) is 7.05. The summed E-state index contributed by atoms with van der Waals surface area (Å²) in [5, 5.41) is 8.51. The van der Waals surface area contributed by atoms with Crippen LogP contribution in [0.3, 0.4) is 0 Å². The Morgan fingerprint density at radius 3 is 2.47 bits per heavy atom. The van der Waals surface area contributed by atoms with E-state index in [-0.39, 0.29) is 36.5 Å². The van der Waals surface area contributed by atoms with Gasteiger partial charge in [-0.15, -0.1) is 5.10 Å². The highest BCUT2D eigenvalue weighted by Crippen LogP contribution is 2.38. The van der Waals surface area contributed by atoms with Crippen molar-refractivity contribution in [2.45, 2.75) is 58.0 Å². The normalized spacial score (nSPS) is 20.9. The van der Waals surface area contributed by atoms with Gasteiger partial charge in [-0.1, -0.05) is 35.5 Å². The number of carbonyl (C=O) groups excluding carboxylic acids is 2. The van der Waals surface area contributed by atoms with Crippen LogP contribution in [0.5, 0.6) is 0 Å². The molecule has 0 unspecified atom stereocenters. The zero-order valence-electron chi connectivity index (χ0n) is 21.8. The van der Waals surface area contributed by atoms with E-state index in [1.807, 2.05) is 51.1 Å². The predicted octanol–water partition coefficient (Wildman–Crippen LogP) is 4.73. The third kappa shape index (κ3) is 5.64. The van der Waals surface area contributed by atoms with Gasteiger partial charge in [0, 0.05) is 31.1 Å². The van der Waals surface area contributed by atoms with Crippen molar-refractivity contribution in [3.05, 3.63) is 72.2 Å². The minimum absolute atomic E-state index is 0.109. The van der Waals surface area contributed by atoms with Crippen LogP contribution >= 0.6 is 0 Å². The molecule has 2 aliphatic heterocycles. The molecule has 0 bridgehead atoms. The molecule has 38 heavy (non-hydrogen) atoms. The van der Waals surface area contributed by atoms with Gasteiger partial charge in [0.2, 0.25) is 0 Å². The van der Waals surface area contributed by atoms with E-state index < -0.39 is 11.7 Å². The summed E-state index contributed by atoms with van der Waals surface area (Å²) in [7, 11) is 0. The van der Waals surface area contributed by atoms with Gasteiger partial charge in [-0.2, -0.15) is 0 Å². The van der Waals surface area contributed by atoms with Crippen LogP contribution in [0.25, 0.3) is 11.3 Å². The first-order valence-electron chi connectivity index (χ1n) is 12.8. The number of aromatic nitrogens is 3. The van der Waals surface area contributed by atoms with Crippen molar-refractivity contribution in [3.63, 3.8) is 0 Å². The average Bonchev–Trinajstić information content (AvgIpc) is 3.60. The van der Waals surface area contributed by atoms with Gasteiger partial charge >= 0.3 is 12.2 Å². The van der Waals surface area contributed by atoms with E-state index in [9.17, 15) is 14.0 Å². The molecule has 9 nitrogen and oxygen atoms in total. The molecule has 0 radical (unpaired) electrons. The lowest BCUT2D eigenvalue weighted by Gasteiger charge is -2.30. The molecule has 0 N–H and O–H groups in total. The van der Waals surface area contributed by atoms with E-state index in [1.165, 1.54) is 12.1 Å². The second-order valence-electron chi connectivity index (χ2n) is 10.8. The highest BCUT2D eigenvalue weighted by molar-refractivity contribution is 5.72. The van der Waals surface area contributed by atoms with E-state index >= 15 is 0 Å². The molecule has 3 heterocycles. The maximum atomic E-state index is 13.3. The van der Waals surface area contributed by atoms with Crippen LogP contribution in [0.2, 0.25) is 0 Å². The molecule has 3 aromatic rings. The standard InChI is InChI=1S/C28H32FN5O4/c1-28(2,3)38-27(36)33-14-13-24-25(33)21(16-34(24)26(35)37-18-19-7-5-4-6-8-19)15-32-17-23(30-31-32)20-9-11-22(29)12-10-20/h4-12,17,21,24-25H,13-16,18H2,1-3H3/t21-,24+,25+/m0/s1. The number of fused-ring (bicyclic) bond motifs is 1.